The molecule has 2 aliphatic rings. The first kappa shape index (κ1) is 10.9. The van der Waals surface area contributed by atoms with Crippen LogP contribution in [0.25, 0.3) is 0 Å². The highest BCUT2D eigenvalue weighted by atomic mass is 16.5. The Morgan fingerprint density at radius 1 is 1.40 bits per heavy atom. The zero-order chi connectivity index (χ0) is 11.1. The van der Waals surface area contributed by atoms with Gasteiger partial charge in [-0.05, 0) is 19.3 Å². The summed E-state index contributed by atoms with van der Waals surface area (Å²) in [7, 11) is -0.0783. The van der Waals surface area contributed by atoms with Crippen molar-refractivity contribution in [2.45, 2.75) is 24.6 Å². The second kappa shape index (κ2) is 3.47. The van der Waals surface area contributed by atoms with Gasteiger partial charge in [0.05, 0.1) is 25.7 Å². The van der Waals surface area contributed by atoms with Crippen LogP contribution in [0.3, 0.4) is 0 Å². The maximum Gasteiger partial charge on any atom is 0.460 e. The number of methoxy groups -OCH3 is 1. The van der Waals surface area contributed by atoms with Gasteiger partial charge in [-0.2, -0.15) is 0 Å². The van der Waals surface area contributed by atoms with Crippen LogP contribution < -0.4 is 0 Å². The van der Waals surface area contributed by atoms with E-state index in [0.29, 0.717) is 32.5 Å². The number of fused-ring (bicyclic) bond motifs is 2. The van der Waals surface area contributed by atoms with Crippen molar-refractivity contribution in [3.05, 3.63) is 0 Å². The van der Waals surface area contributed by atoms with Gasteiger partial charge in [0.1, 0.15) is 0 Å². The number of hydrogen-bond acceptors (Lipinski definition) is 5. The topological polar surface area (TPSA) is 76.0 Å². The molecular weight excluding hydrogens is 199 g/mol. The standard InChI is InChI=1S/C9H15BO5/c1-14-7(11)8-2-3-9(4-8,10(12)13)6-15-5-8/h12-13H,2-6H2,1H3. The maximum absolute atomic E-state index is 11.6. The first-order valence-corrected chi connectivity index (χ1v) is 5.07. The highest BCUT2D eigenvalue weighted by Crippen LogP contribution is 2.58. The second-order valence-electron chi connectivity index (χ2n) is 4.68. The van der Waals surface area contributed by atoms with E-state index < -0.39 is 17.8 Å². The third-order valence-corrected chi connectivity index (χ3v) is 3.73. The molecule has 1 aliphatic heterocycles. The molecule has 0 radical (unpaired) electrons. The van der Waals surface area contributed by atoms with Crippen molar-refractivity contribution in [1.29, 1.82) is 0 Å². The summed E-state index contributed by atoms with van der Waals surface area (Å²) >= 11 is 0. The van der Waals surface area contributed by atoms with Gasteiger partial charge in [-0.3, -0.25) is 4.79 Å². The smallest absolute Gasteiger partial charge is 0.460 e. The van der Waals surface area contributed by atoms with Crippen LogP contribution in [0.4, 0.5) is 0 Å². The predicted molar refractivity (Wildman–Crippen MR) is 52.0 cm³/mol. The van der Waals surface area contributed by atoms with Crippen molar-refractivity contribution in [3.63, 3.8) is 0 Å². The van der Waals surface area contributed by atoms with Crippen LogP contribution in [0.5, 0.6) is 0 Å². The summed E-state index contributed by atoms with van der Waals surface area (Å²) < 4.78 is 10.1. The Balaban J connectivity index is 2.23. The zero-order valence-corrected chi connectivity index (χ0v) is 8.73. The summed E-state index contributed by atoms with van der Waals surface area (Å²) in [5.41, 5.74) is -0.656. The molecule has 2 unspecified atom stereocenters. The molecule has 2 N–H and O–H groups in total. The predicted octanol–water partition coefficient (Wildman–Crippen LogP) is -0.427. The fourth-order valence-electron chi connectivity index (χ4n) is 2.78. The van der Waals surface area contributed by atoms with E-state index in [4.69, 9.17) is 9.47 Å². The van der Waals surface area contributed by atoms with Crippen molar-refractivity contribution < 1.29 is 24.3 Å². The van der Waals surface area contributed by atoms with E-state index in [1.54, 1.807) is 0 Å². The lowest BCUT2D eigenvalue weighted by atomic mass is 9.55. The number of esters is 1. The van der Waals surface area contributed by atoms with Crippen molar-refractivity contribution in [2.24, 2.45) is 5.41 Å². The quantitative estimate of drug-likeness (QED) is 0.482. The molecular formula is C9H15BO5. The molecule has 0 aromatic carbocycles. The minimum absolute atomic E-state index is 0.301. The first-order chi connectivity index (χ1) is 7.05. The highest BCUT2D eigenvalue weighted by molar-refractivity contribution is 6.46. The van der Waals surface area contributed by atoms with Crippen molar-refractivity contribution in [3.8, 4) is 0 Å². The molecule has 15 heavy (non-hydrogen) atoms. The van der Waals surface area contributed by atoms with E-state index in [0.717, 1.165) is 0 Å². The van der Waals surface area contributed by atoms with Crippen molar-refractivity contribution in [2.75, 3.05) is 20.3 Å². The summed E-state index contributed by atoms with van der Waals surface area (Å²) in [5.74, 6) is -0.301. The Morgan fingerprint density at radius 3 is 2.73 bits per heavy atom. The van der Waals surface area contributed by atoms with Crippen LogP contribution in [0.15, 0.2) is 0 Å². The molecule has 5 nitrogen and oxygen atoms in total. The summed E-state index contributed by atoms with van der Waals surface area (Å²) in [4.78, 5) is 11.6. The fraction of sp³-hybridized carbons (Fsp3) is 0.889. The second-order valence-corrected chi connectivity index (χ2v) is 4.68. The lowest BCUT2D eigenvalue weighted by molar-refractivity contribution is -0.159. The number of rotatable bonds is 2. The molecule has 2 fully saturated rings. The number of hydrogen-bond donors (Lipinski definition) is 2. The van der Waals surface area contributed by atoms with Crippen LogP contribution in [0, 0.1) is 5.41 Å². The molecule has 0 spiro atoms. The molecule has 84 valence electrons. The molecule has 2 rings (SSSR count). The van der Waals surface area contributed by atoms with E-state index in [1.807, 2.05) is 0 Å². The van der Waals surface area contributed by atoms with E-state index in [9.17, 15) is 14.8 Å². The van der Waals surface area contributed by atoms with Crippen molar-refractivity contribution in [1.82, 2.24) is 0 Å². The number of ether oxygens (including phenoxy) is 2. The average molecular weight is 214 g/mol. The van der Waals surface area contributed by atoms with Gasteiger partial charge in [-0.15, -0.1) is 0 Å². The van der Waals surface area contributed by atoms with Gasteiger partial charge < -0.3 is 19.5 Å². The van der Waals surface area contributed by atoms with Gasteiger partial charge >= 0.3 is 13.1 Å². The molecule has 1 saturated heterocycles. The summed E-state index contributed by atoms with van der Waals surface area (Å²) in [6, 6.07) is 0. The molecule has 2 bridgehead atoms. The summed E-state index contributed by atoms with van der Waals surface area (Å²) in [5, 5.41) is 18.0. The van der Waals surface area contributed by atoms with Gasteiger partial charge in [-0.1, -0.05) is 0 Å². The van der Waals surface area contributed by atoms with E-state index in [1.165, 1.54) is 7.11 Å². The minimum Gasteiger partial charge on any atom is -0.469 e. The number of carbonyl (C=O) groups excluding carboxylic acids is 1. The molecule has 2 atom stereocenters. The number of carbonyl (C=O) groups is 1. The van der Waals surface area contributed by atoms with Gasteiger partial charge in [-0.25, -0.2) is 0 Å². The Morgan fingerprint density at radius 2 is 2.13 bits per heavy atom. The Kier molecular flexibility index (Phi) is 2.52. The van der Waals surface area contributed by atoms with Gasteiger partial charge in [0.25, 0.3) is 0 Å². The Labute approximate surface area is 88.5 Å². The largest absolute Gasteiger partial charge is 0.469 e. The lowest BCUT2D eigenvalue weighted by Crippen LogP contribution is -2.44. The Hall–Kier alpha value is -0.585. The Bertz CT molecular complexity index is 282. The monoisotopic (exact) mass is 214 g/mol. The summed E-state index contributed by atoms with van der Waals surface area (Å²) in [6.45, 7) is 0.636. The zero-order valence-electron chi connectivity index (χ0n) is 8.73. The van der Waals surface area contributed by atoms with Crippen LogP contribution >= 0.6 is 0 Å². The molecule has 0 aromatic rings. The molecule has 0 aromatic heterocycles. The van der Waals surface area contributed by atoms with Crippen LogP contribution in [-0.2, 0) is 14.3 Å². The highest BCUT2D eigenvalue weighted by Gasteiger charge is 2.60. The first-order valence-electron chi connectivity index (χ1n) is 5.07. The minimum atomic E-state index is -1.43. The molecule has 1 saturated carbocycles. The third kappa shape index (κ3) is 1.48. The molecule has 6 heteroatoms. The van der Waals surface area contributed by atoms with Gasteiger partial charge in [0.15, 0.2) is 0 Å². The van der Waals surface area contributed by atoms with Crippen molar-refractivity contribution >= 4 is 13.1 Å². The lowest BCUT2D eigenvalue weighted by Gasteiger charge is -2.36. The average Bonchev–Trinajstić information content (AvgIpc) is 2.52. The molecule has 1 aliphatic carbocycles. The SMILES string of the molecule is COC(=O)C12CCC(B(O)O)(COC1)C2. The van der Waals surface area contributed by atoms with E-state index >= 15 is 0 Å². The fourth-order valence-corrected chi connectivity index (χ4v) is 2.78. The van der Waals surface area contributed by atoms with Crippen LogP contribution in [-0.4, -0.2) is 43.5 Å². The third-order valence-electron chi connectivity index (χ3n) is 3.73. The normalized spacial score (nSPS) is 38.9. The van der Waals surface area contributed by atoms with Crippen LogP contribution in [0.1, 0.15) is 19.3 Å². The van der Waals surface area contributed by atoms with E-state index in [2.05, 4.69) is 0 Å². The van der Waals surface area contributed by atoms with Gasteiger partial charge in [0, 0.05) is 5.31 Å². The maximum atomic E-state index is 11.6. The van der Waals surface area contributed by atoms with Gasteiger partial charge in [0.2, 0.25) is 0 Å². The summed E-state index contributed by atoms with van der Waals surface area (Å²) in [6.07, 6.45) is 1.65. The van der Waals surface area contributed by atoms with Crippen LogP contribution in [0.2, 0.25) is 5.31 Å². The molecule has 0 amide bonds. The molecule has 1 heterocycles. The van der Waals surface area contributed by atoms with E-state index in [-0.39, 0.29) is 5.97 Å².